The fourth-order valence-electron chi connectivity index (χ4n) is 11.1. The summed E-state index contributed by atoms with van der Waals surface area (Å²) in [5.41, 5.74) is 12.2. The zero-order valence-corrected chi connectivity index (χ0v) is 69.5. The molecule has 5 atom stereocenters. The molecule has 554 valence electrons. The van der Waals surface area contributed by atoms with E-state index in [1.165, 1.54) is 122 Å². The maximum atomic E-state index is 11.6. The SMILES string of the molecule is CC.CC.CC.CC.CC.CC.CCC(C)(C)C(=O)Oc1ccccc1.CCC(C)c1ccc2c(c1)oc1ccccc12.CCC(C)c1ccc2ccoc2c1.CCC(C)c1ccc2sccc2c1.CCC(C)c1cccc2[nH]c3ccccc3c12.CCC(C)c1cccc2c1sc1ccccc12. The predicted molar refractivity (Wildman–Crippen MR) is 465 cm³/mol. The van der Waals surface area contributed by atoms with Crippen molar-refractivity contribution < 1.29 is 18.4 Å². The normalized spacial score (nSPS) is 11.8. The van der Waals surface area contributed by atoms with Crippen LogP contribution in [0.3, 0.4) is 0 Å². The third-order valence-electron chi connectivity index (χ3n) is 18.6. The van der Waals surface area contributed by atoms with Crippen molar-refractivity contribution >= 4 is 114 Å². The van der Waals surface area contributed by atoms with Crippen LogP contribution < -0.4 is 4.74 Å². The summed E-state index contributed by atoms with van der Waals surface area (Å²) < 4.78 is 20.7. The number of rotatable bonds is 13. The summed E-state index contributed by atoms with van der Waals surface area (Å²) in [4.78, 5) is 15.1. The summed E-state index contributed by atoms with van der Waals surface area (Å²) in [5.74, 6) is 3.58. The second-order valence-corrected chi connectivity index (χ2v) is 27.0. The average Bonchev–Trinajstić information content (AvgIpc) is 1.64. The van der Waals surface area contributed by atoms with E-state index in [1.807, 2.05) is 163 Å². The number of H-pyrrole nitrogens is 1. The number of carbonyl (C=O) groups is 1. The van der Waals surface area contributed by atoms with E-state index < -0.39 is 5.41 Å². The van der Waals surface area contributed by atoms with Gasteiger partial charge >= 0.3 is 5.97 Å². The predicted octanol–water partition coefficient (Wildman–Crippen LogP) is 33.0. The molecule has 0 amide bonds. The third-order valence-corrected chi connectivity index (χ3v) is 20.7. The van der Waals surface area contributed by atoms with E-state index in [1.54, 1.807) is 18.4 Å². The van der Waals surface area contributed by atoms with E-state index in [4.69, 9.17) is 13.6 Å². The summed E-state index contributed by atoms with van der Waals surface area (Å²) in [6.07, 6.45) is 8.45. The number of esters is 1. The van der Waals surface area contributed by atoms with Crippen LogP contribution in [0.15, 0.2) is 227 Å². The second kappa shape index (κ2) is 47.9. The number of hydrogen-bond acceptors (Lipinski definition) is 6. The van der Waals surface area contributed by atoms with Crippen LogP contribution in [0.1, 0.15) is 269 Å². The Bertz CT molecular complexity index is 4500. The lowest BCUT2D eigenvalue weighted by molar-refractivity contribution is -0.144. The van der Waals surface area contributed by atoms with Gasteiger partial charge in [-0.05, 0) is 187 Å². The first-order valence-electron chi connectivity index (χ1n) is 39.1. The molecule has 0 aliphatic carbocycles. The number of nitrogens with one attached hydrogen (secondary N) is 1. The number of benzene rings is 9. The molecule has 0 saturated carbocycles. The van der Waals surface area contributed by atoms with E-state index in [9.17, 15) is 4.79 Å². The lowest BCUT2D eigenvalue weighted by atomic mass is 9.91. The molecule has 0 spiro atoms. The Morgan fingerprint density at radius 2 is 0.903 bits per heavy atom. The third kappa shape index (κ3) is 24.7. The Morgan fingerprint density at radius 1 is 0.417 bits per heavy atom. The van der Waals surface area contributed by atoms with Crippen LogP contribution in [0.25, 0.3) is 85.0 Å². The van der Waals surface area contributed by atoms with Gasteiger partial charge in [0.25, 0.3) is 0 Å². The first-order chi connectivity index (χ1) is 50.1. The Labute approximate surface area is 630 Å². The van der Waals surface area contributed by atoms with Gasteiger partial charge in [0.05, 0.1) is 11.7 Å². The molecule has 7 heteroatoms. The number of fused-ring (bicyclic) bond motifs is 11. The van der Waals surface area contributed by atoms with Gasteiger partial charge in [-0.3, -0.25) is 4.79 Å². The maximum absolute atomic E-state index is 11.6. The summed E-state index contributed by atoms with van der Waals surface area (Å²) in [5, 5.41) is 12.7. The topological polar surface area (TPSA) is 68.4 Å². The van der Waals surface area contributed by atoms with Gasteiger partial charge in [-0.15, -0.1) is 22.7 Å². The second-order valence-electron chi connectivity index (χ2n) is 25.0. The van der Waals surface area contributed by atoms with Crippen molar-refractivity contribution in [2.75, 3.05) is 0 Å². The highest BCUT2D eigenvalue weighted by Crippen LogP contribution is 2.40. The van der Waals surface area contributed by atoms with E-state index in [-0.39, 0.29) is 5.97 Å². The molecule has 0 bridgehead atoms. The summed E-state index contributed by atoms with van der Waals surface area (Å²) in [6.45, 7) is 52.3. The standard InChI is InChI=1S/C16H17N.C16H16O.C16H16S.C12H16O2.C12H14O.C12H14S.6C2H6/c1-3-11(2)12-8-6-10-15-16(12)13-7-4-5-9-14(13)17-15;1-3-11(2)12-8-9-14-13-6-4-5-7-15(13)17-16(14)10-12;1-3-11(2)12-8-6-9-14-13-7-4-5-10-15(13)17-16(12)14;1-4-12(2,3)11(13)14-10-8-6-5-7-9-10;1-3-9(2)11-5-4-10-6-7-13-12(10)8-11;1-3-9(2)10-4-5-12-11(8-10)6-7-13-12;6*1-2/h4-11,17H,3H2,1-2H3;2*4-11H,3H2,1-2H3;5-9H,4H2,1-3H3;2*4-9H,3H2,1-2H3;6*1-2H3. The zero-order valence-electron chi connectivity index (χ0n) is 67.9. The van der Waals surface area contributed by atoms with Crippen molar-refractivity contribution in [2.45, 2.75) is 241 Å². The van der Waals surface area contributed by atoms with Crippen LogP contribution in [0.5, 0.6) is 5.75 Å². The van der Waals surface area contributed by atoms with Crippen molar-refractivity contribution in [3.63, 3.8) is 0 Å². The molecule has 5 heterocycles. The largest absolute Gasteiger partial charge is 0.464 e. The Kier molecular flexibility index (Phi) is 41.4. The van der Waals surface area contributed by atoms with Gasteiger partial charge in [-0.2, -0.15) is 0 Å². The lowest BCUT2D eigenvalue weighted by Gasteiger charge is -2.19. The number of aromatic amines is 1. The van der Waals surface area contributed by atoms with E-state index in [2.05, 4.69) is 237 Å². The minimum Gasteiger partial charge on any atom is -0.464 e. The van der Waals surface area contributed by atoms with Gasteiger partial charge in [0, 0.05) is 62.8 Å². The first-order valence-corrected chi connectivity index (χ1v) is 40.8. The smallest absolute Gasteiger partial charge is 0.316 e. The molecule has 0 saturated heterocycles. The van der Waals surface area contributed by atoms with Crippen molar-refractivity contribution in [1.82, 2.24) is 4.98 Å². The summed E-state index contributed by atoms with van der Waals surface area (Å²) in [7, 11) is 0. The average molecular weight is 1430 g/mol. The number of aromatic nitrogens is 1. The van der Waals surface area contributed by atoms with Crippen molar-refractivity contribution in [2.24, 2.45) is 5.41 Å². The summed E-state index contributed by atoms with van der Waals surface area (Å²) in [6, 6.07) is 72.0. The van der Waals surface area contributed by atoms with Crippen LogP contribution >= 0.6 is 22.7 Å². The van der Waals surface area contributed by atoms with Gasteiger partial charge in [0.1, 0.15) is 22.5 Å². The first kappa shape index (κ1) is 89.0. The van der Waals surface area contributed by atoms with Crippen LogP contribution in [0.4, 0.5) is 0 Å². The van der Waals surface area contributed by atoms with Crippen LogP contribution in [0, 0.1) is 5.41 Å². The van der Waals surface area contributed by atoms with E-state index in [0.717, 1.165) is 29.6 Å². The van der Waals surface area contributed by atoms with E-state index >= 15 is 0 Å². The zero-order chi connectivity index (χ0) is 76.6. The highest BCUT2D eigenvalue weighted by Gasteiger charge is 2.27. The fourth-order valence-corrected chi connectivity index (χ4v) is 13.2. The highest BCUT2D eigenvalue weighted by molar-refractivity contribution is 7.26. The number of ether oxygens (including phenoxy) is 1. The van der Waals surface area contributed by atoms with E-state index in [0.29, 0.717) is 35.3 Å². The van der Waals surface area contributed by atoms with Gasteiger partial charge < -0.3 is 18.6 Å². The minimum atomic E-state index is -0.407. The Hall–Kier alpha value is -8.23. The van der Waals surface area contributed by atoms with Crippen LogP contribution in [-0.2, 0) is 4.79 Å². The Morgan fingerprint density at radius 3 is 1.52 bits per heavy atom. The van der Waals surface area contributed by atoms with Crippen LogP contribution in [0.2, 0.25) is 0 Å². The lowest BCUT2D eigenvalue weighted by Crippen LogP contribution is -2.28. The molecule has 0 aliphatic heterocycles. The van der Waals surface area contributed by atoms with Crippen molar-refractivity contribution in [3.05, 3.63) is 246 Å². The van der Waals surface area contributed by atoms with Crippen LogP contribution in [-0.4, -0.2) is 11.0 Å². The Balaban J connectivity index is 0.000000313. The number of thiophene rings is 2. The number of hydrogen-bond donors (Lipinski definition) is 1. The van der Waals surface area contributed by atoms with Gasteiger partial charge in [-0.1, -0.05) is 299 Å². The molecule has 0 fully saturated rings. The summed E-state index contributed by atoms with van der Waals surface area (Å²) >= 11 is 3.75. The minimum absolute atomic E-state index is 0.175. The van der Waals surface area contributed by atoms with Crippen molar-refractivity contribution in [3.8, 4) is 5.75 Å². The van der Waals surface area contributed by atoms with Crippen molar-refractivity contribution in [1.29, 1.82) is 0 Å². The molecule has 5 unspecified atom stereocenters. The molecule has 5 nitrogen and oxygen atoms in total. The molecule has 0 aliphatic rings. The maximum Gasteiger partial charge on any atom is 0.316 e. The molecule has 0 radical (unpaired) electrons. The molecule has 5 aromatic heterocycles. The molecular formula is C96H129NO4S2. The molecule has 1 N–H and O–H groups in total. The molecule has 14 rings (SSSR count). The number of carbonyl (C=O) groups excluding carboxylic acids is 1. The molecule has 103 heavy (non-hydrogen) atoms. The monoisotopic (exact) mass is 1420 g/mol. The molecule has 9 aromatic carbocycles. The highest BCUT2D eigenvalue weighted by atomic mass is 32.1. The van der Waals surface area contributed by atoms with Gasteiger partial charge in [0.2, 0.25) is 0 Å². The number of para-hydroxylation sites is 3. The quantitative estimate of drug-likeness (QED) is 0.0923. The number of furan rings is 2. The molecule has 14 aromatic rings. The fraction of sp³-hybridized carbons (Fsp3) is 0.385. The van der Waals surface area contributed by atoms with Gasteiger partial charge in [-0.25, -0.2) is 0 Å². The van der Waals surface area contributed by atoms with Gasteiger partial charge in [0.15, 0.2) is 0 Å². The molecular weight excluding hydrogens is 1300 g/mol.